The minimum absolute atomic E-state index is 0.370. The Labute approximate surface area is 357 Å². The molecule has 2 aromatic carbocycles. The first-order valence-corrected chi connectivity index (χ1v) is 24.8. The second-order valence-electron chi connectivity index (χ2n) is 13.4. The Kier molecular flexibility index (Phi) is 13.6. The number of carbonyl (C=O) groups is 4. The highest BCUT2D eigenvalue weighted by Gasteiger charge is 2.40. The van der Waals surface area contributed by atoms with Crippen molar-refractivity contribution in [2.45, 2.75) is 27.9 Å². The Morgan fingerprint density at radius 1 is 0.688 bits per heavy atom. The lowest BCUT2D eigenvalue weighted by atomic mass is 9.90. The number of carboxylic acid groups (broad SMARTS) is 1. The lowest BCUT2D eigenvalue weighted by Crippen LogP contribution is -2.60. The van der Waals surface area contributed by atoms with E-state index in [0.29, 0.717) is 30.3 Å². The quantitative estimate of drug-likeness (QED) is 0.0618. The molecule has 64 heavy (non-hydrogen) atoms. The summed E-state index contributed by atoms with van der Waals surface area (Å²) in [6.07, 6.45) is 0. The maximum Gasteiger partial charge on any atom is 0.339 e. The molecule has 1 aliphatic carbocycles. The smallest absolute Gasteiger partial charge is 0.339 e. The third-order valence-electron chi connectivity index (χ3n) is 8.74. The maximum absolute atomic E-state index is 15.9. The predicted molar refractivity (Wildman–Crippen MR) is 208 cm³/mol. The topological polar surface area (TPSA) is 430 Å². The highest BCUT2D eigenvalue weighted by Crippen LogP contribution is 2.47. The first kappa shape index (κ1) is 49.2. The Hall–Kier alpha value is -5.78. The highest BCUT2D eigenvalue weighted by atomic mass is 32.2. The summed E-state index contributed by atoms with van der Waals surface area (Å²) in [7, 11) is -27.6. The Morgan fingerprint density at radius 3 is 1.78 bits per heavy atom. The molecule has 0 spiro atoms. The fourth-order valence-electron chi connectivity index (χ4n) is 6.25. The number of amides is 3. The van der Waals surface area contributed by atoms with Crippen molar-refractivity contribution in [2.24, 2.45) is 0 Å². The van der Waals surface area contributed by atoms with Crippen LogP contribution < -0.4 is 30.8 Å². The van der Waals surface area contributed by atoms with E-state index in [-0.39, 0.29) is 0 Å². The van der Waals surface area contributed by atoms with Gasteiger partial charge in [0.25, 0.3) is 30.4 Å². The van der Waals surface area contributed by atoms with E-state index in [0.717, 1.165) is 6.07 Å². The molecule has 0 saturated heterocycles. The van der Waals surface area contributed by atoms with Crippen LogP contribution in [0.25, 0.3) is 33.4 Å². The summed E-state index contributed by atoms with van der Waals surface area (Å²) >= 11 is 0. The summed E-state index contributed by atoms with van der Waals surface area (Å²) in [5.41, 5.74) is -7.38. The van der Waals surface area contributed by atoms with Crippen LogP contribution in [0.4, 0.5) is 8.78 Å². The van der Waals surface area contributed by atoms with E-state index in [1.807, 2.05) is 10.0 Å². The molecule has 0 radical (unpaired) electrons. The number of halogens is 2. The molecule has 26 nitrogen and oxygen atoms in total. The molecule has 33 heteroatoms. The van der Waals surface area contributed by atoms with E-state index in [4.69, 9.17) is 4.42 Å². The van der Waals surface area contributed by atoms with Crippen molar-refractivity contribution in [1.29, 1.82) is 0 Å². The van der Waals surface area contributed by atoms with Crippen LogP contribution in [0.2, 0.25) is 0 Å². The number of carbonyl (C=O) groups excluding carboxylic acids is 3. The van der Waals surface area contributed by atoms with Crippen molar-refractivity contribution in [2.75, 3.05) is 30.3 Å². The van der Waals surface area contributed by atoms with Gasteiger partial charge in [-0.25, -0.2) is 35.1 Å². The van der Waals surface area contributed by atoms with E-state index in [2.05, 4.69) is 0 Å². The summed E-state index contributed by atoms with van der Waals surface area (Å²) in [6.45, 7) is -1.84. The number of rotatable bonds is 8. The van der Waals surface area contributed by atoms with Gasteiger partial charge in [0.1, 0.15) is 58.3 Å². The van der Waals surface area contributed by atoms with Crippen LogP contribution in [0.15, 0.2) is 55.4 Å². The zero-order valence-electron chi connectivity index (χ0n) is 31.3. The van der Waals surface area contributed by atoms with Gasteiger partial charge in [-0.3, -0.25) is 32.8 Å². The Morgan fingerprint density at radius 2 is 1.22 bits per heavy atom. The minimum atomic E-state index is -5.97. The fraction of sp³-hybridized carbons (Fsp3) is 0.258. The summed E-state index contributed by atoms with van der Waals surface area (Å²) in [5, 5.41) is 25.3. The second-order valence-corrected chi connectivity index (χ2v) is 21.2. The van der Waals surface area contributed by atoms with Gasteiger partial charge >= 0.3 is 5.97 Å². The molecule has 0 saturated carbocycles. The van der Waals surface area contributed by atoms with Crippen LogP contribution in [0.3, 0.4) is 0 Å². The lowest BCUT2D eigenvalue weighted by molar-refractivity contribution is -0.131. The van der Waals surface area contributed by atoms with Crippen molar-refractivity contribution < 1.29 is 98.3 Å². The summed E-state index contributed by atoms with van der Waals surface area (Å²) in [4.78, 5) is 62.8. The van der Waals surface area contributed by atoms with E-state index in [9.17, 15) is 89.9 Å². The molecule has 2 aliphatic heterocycles. The number of sulfonamides is 2. The molecule has 3 amide bonds. The molecule has 2 bridgehead atoms. The first-order chi connectivity index (χ1) is 29.3. The fourth-order valence-corrected chi connectivity index (χ4v) is 11.0. The number of hydrogen-bond donors (Lipinski definition) is 10. The number of phenolic OH excluding ortho intramolecular Hbond substituents is 1. The Balaban J connectivity index is 1.90. The third-order valence-corrected chi connectivity index (χ3v) is 14.0. The van der Waals surface area contributed by atoms with Gasteiger partial charge in [0.15, 0.2) is 21.1 Å². The molecule has 10 N–H and O–H groups in total. The van der Waals surface area contributed by atoms with E-state index in [1.165, 1.54) is 10.0 Å². The van der Waals surface area contributed by atoms with Crippen molar-refractivity contribution in [3.05, 3.63) is 63.8 Å². The lowest BCUT2D eigenvalue weighted by Gasteiger charge is -2.25. The summed E-state index contributed by atoms with van der Waals surface area (Å²) < 4.78 is 196. The van der Waals surface area contributed by atoms with Gasteiger partial charge in [-0.05, 0) is 36.4 Å². The van der Waals surface area contributed by atoms with Gasteiger partial charge in [0.05, 0.1) is 0 Å². The minimum Gasteiger partial charge on any atom is -0.506 e. The number of benzene rings is 3. The van der Waals surface area contributed by atoms with Crippen LogP contribution in [0, 0.1) is 11.6 Å². The second kappa shape index (κ2) is 17.7. The molecule has 0 fully saturated rings. The number of aromatic carboxylic acids is 1. The average molecular weight is 1010 g/mol. The number of carboxylic acids is 1. The SMILES string of the molecule is O=C(O)c1c(F)ccc(F)c1-c1c2ccc(=O)c3c-2oc2c(c(O)ccc12)S(=O)(=O)NCCNC(=O)C(CS(=O)(=O)O)NC(=O)C(CS(=O)(=O)O)NC(=O)C(CS(=O)(=O)O)NS3(=O)=O. The van der Waals surface area contributed by atoms with Crippen molar-refractivity contribution in [1.82, 2.24) is 25.4 Å². The number of hydrogen-bond acceptors (Lipinski definition) is 17. The molecular formula is C31H29F2N5O21S5. The van der Waals surface area contributed by atoms with Crippen LogP contribution in [-0.4, -0.2) is 138 Å². The molecule has 3 unspecified atom stereocenters. The molecule has 0 aromatic heterocycles. The largest absolute Gasteiger partial charge is 0.506 e. The van der Waals surface area contributed by atoms with Gasteiger partial charge in [-0.2, -0.15) is 30.0 Å². The van der Waals surface area contributed by atoms with Crippen molar-refractivity contribution in [3.63, 3.8) is 0 Å². The van der Waals surface area contributed by atoms with Gasteiger partial charge in [-0.1, -0.05) is 0 Å². The molecule has 3 aliphatic rings. The normalized spacial score (nSPS) is 20.4. The summed E-state index contributed by atoms with van der Waals surface area (Å²) in [5.74, 6) is -19.3. The molecule has 3 atom stereocenters. The maximum atomic E-state index is 15.9. The van der Waals surface area contributed by atoms with Crippen LogP contribution in [0.5, 0.6) is 5.75 Å². The standard InChI is InChI=1S/C31H29F2N5O21S5/c32-14-3-4-15(33)23(31(44)45)22(14)21-12-1-5-19(39)26-24(12)59-25-13(21)2-6-20(40)27(25)64(57,58)38-18(11-62(52,53)54)30(43)37-17(10-61(49,50)51)29(42)36-16(9-60(46,47)48)28(41)34-7-8-35-63(26,55)56/h1-6,16-18,35,38-39H,7-11H2,(H,34,41)(H,36,42)(H,37,43)(H,44,45)(H,46,47,48)(H,49,50,51)(H,52,53,54). The zero-order valence-corrected chi connectivity index (χ0v) is 35.4. The molecule has 5 rings (SSSR count). The van der Waals surface area contributed by atoms with Crippen LogP contribution in [0.1, 0.15) is 10.4 Å². The molecule has 348 valence electrons. The highest BCUT2D eigenvalue weighted by molar-refractivity contribution is 7.90. The third kappa shape index (κ3) is 10.9. The van der Waals surface area contributed by atoms with Gasteiger partial charge in [0.2, 0.25) is 43.2 Å². The number of phenols is 1. The van der Waals surface area contributed by atoms with Gasteiger partial charge in [0, 0.05) is 35.2 Å². The molecule has 2 heterocycles. The van der Waals surface area contributed by atoms with Gasteiger partial charge in [-0.15, -0.1) is 0 Å². The average Bonchev–Trinajstić information content (AvgIpc) is 3.13. The van der Waals surface area contributed by atoms with E-state index < -0.39 is 194 Å². The van der Waals surface area contributed by atoms with Crippen LogP contribution in [-0.2, 0) is 64.8 Å². The summed E-state index contributed by atoms with van der Waals surface area (Å²) in [6, 6.07) is -4.96. The van der Waals surface area contributed by atoms with Crippen molar-refractivity contribution >= 4 is 85.1 Å². The van der Waals surface area contributed by atoms with Gasteiger partial charge < -0.3 is 30.6 Å². The van der Waals surface area contributed by atoms with Crippen LogP contribution >= 0.6 is 0 Å². The monoisotopic (exact) mass is 1000 g/mol. The van der Waals surface area contributed by atoms with Crippen molar-refractivity contribution in [3.8, 4) is 28.2 Å². The number of aromatic hydroxyl groups is 1. The number of nitrogens with one attached hydrogen (secondary N) is 5. The Bertz CT molecular complexity index is 3250. The molecule has 2 aromatic rings. The molecular weight excluding hydrogens is 977 g/mol. The predicted octanol–water partition coefficient (Wildman–Crippen LogP) is -3.07. The first-order valence-electron chi connectivity index (χ1n) is 17.0. The van der Waals surface area contributed by atoms with E-state index in [1.54, 1.807) is 5.32 Å². The van der Waals surface area contributed by atoms with E-state index >= 15 is 8.78 Å². The zero-order chi connectivity index (χ0) is 48.1.